The Balaban J connectivity index is 2.70. The van der Waals surface area contributed by atoms with Crippen LogP contribution in [-0.4, -0.2) is 28.4 Å². The van der Waals surface area contributed by atoms with Crippen LogP contribution in [0.1, 0.15) is 12.6 Å². The lowest BCUT2D eigenvalue weighted by atomic mass is 10.3. The van der Waals surface area contributed by atoms with Gasteiger partial charge in [0.15, 0.2) is 11.0 Å². The number of aromatic nitrogens is 4. The molecule has 0 aromatic carbocycles. The van der Waals surface area contributed by atoms with E-state index < -0.39 is 9.05 Å². The van der Waals surface area contributed by atoms with Crippen molar-refractivity contribution in [3.8, 4) is 5.82 Å². The van der Waals surface area contributed by atoms with Gasteiger partial charge in [-0.15, -0.1) is 5.10 Å². The van der Waals surface area contributed by atoms with Crippen molar-refractivity contribution in [1.82, 2.24) is 20.0 Å². The zero-order valence-electron chi connectivity index (χ0n) is 9.21. The second-order valence-corrected chi connectivity index (χ2v) is 6.21. The maximum atomic E-state index is 11.5. The Bertz CT molecular complexity index is 669. The second kappa shape index (κ2) is 4.83. The van der Waals surface area contributed by atoms with Crippen molar-refractivity contribution in [1.29, 1.82) is 0 Å². The summed E-state index contributed by atoms with van der Waals surface area (Å²) < 4.78 is 24.1. The van der Waals surface area contributed by atoms with Gasteiger partial charge >= 0.3 is 0 Å². The Morgan fingerprint density at radius 1 is 1.44 bits per heavy atom. The summed E-state index contributed by atoms with van der Waals surface area (Å²) in [6, 6.07) is 3.25. The molecule has 0 saturated heterocycles. The van der Waals surface area contributed by atoms with Crippen LogP contribution in [-0.2, 0) is 15.5 Å². The highest BCUT2D eigenvalue weighted by Crippen LogP contribution is 2.30. The normalized spacial score (nSPS) is 11.7. The molecule has 2 aromatic heterocycles. The van der Waals surface area contributed by atoms with Gasteiger partial charge in [0.2, 0.25) is 0 Å². The van der Waals surface area contributed by atoms with Crippen molar-refractivity contribution < 1.29 is 8.42 Å². The first-order chi connectivity index (χ1) is 8.45. The maximum Gasteiger partial charge on any atom is 0.266 e. The second-order valence-electron chi connectivity index (χ2n) is 3.35. The molecular formula is C9H8Cl2N4O2S. The lowest BCUT2D eigenvalue weighted by Gasteiger charge is -1.99. The molecule has 0 atom stereocenters. The van der Waals surface area contributed by atoms with Crippen molar-refractivity contribution in [2.75, 3.05) is 0 Å². The molecule has 2 heterocycles. The van der Waals surface area contributed by atoms with Gasteiger partial charge in [-0.1, -0.05) is 18.5 Å². The molecule has 0 radical (unpaired) electrons. The smallest absolute Gasteiger partial charge is 0.207 e. The SMILES string of the molecule is CCc1nn(-c2cccnn2)c(Cl)c1S(=O)(=O)Cl. The molecule has 0 unspecified atom stereocenters. The van der Waals surface area contributed by atoms with Gasteiger partial charge in [-0.25, -0.2) is 13.1 Å². The molecule has 6 nitrogen and oxygen atoms in total. The molecule has 96 valence electrons. The standard InChI is InChI=1S/C9H8Cl2N4O2S/c1-2-6-8(18(11,16)17)9(10)15(14-6)7-4-3-5-12-13-7/h3-5H,2H2,1H3. The predicted octanol–water partition coefficient (Wildman–Crippen LogP) is 1.81. The topological polar surface area (TPSA) is 77.7 Å². The monoisotopic (exact) mass is 306 g/mol. The molecular weight excluding hydrogens is 299 g/mol. The van der Waals surface area contributed by atoms with E-state index in [2.05, 4.69) is 15.3 Å². The van der Waals surface area contributed by atoms with Crippen molar-refractivity contribution in [2.45, 2.75) is 18.2 Å². The minimum Gasteiger partial charge on any atom is -0.207 e. The van der Waals surface area contributed by atoms with Gasteiger partial charge in [0.05, 0.1) is 5.69 Å². The first-order valence-electron chi connectivity index (χ1n) is 4.95. The van der Waals surface area contributed by atoms with Crippen molar-refractivity contribution in [3.05, 3.63) is 29.2 Å². The van der Waals surface area contributed by atoms with E-state index in [0.717, 1.165) is 0 Å². The highest BCUT2D eigenvalue weighted by Gasteiger charge is 2.26. The van der Waals surface area contributed by atoms with Gasteiger partial charge < -0.3 is 0 Å². The van der Waals surface area contributed by atoms with Gasteiger partial charge in [-0.05, 0) is 18.6 Å². The average Bonchev–Trinajstić information content (AvgIpc) is 2.67. The molecule has 0 amide bonds. The lowest BCUT2D eigenvalue weighted by molar-refractivity contribution is 0.608. The highest BCUT2D eigenvalue weighted by atomic mass is 35.7. The fourth-order valence-electron chi connectivity index (χ4n) is 1.46. The van der Waals surface area contributed by atoms with Crippen LogP contribution in [0.5, 0.6) is 0 Å². The van der Waals surface area contributed by atoms with E-state index in [1.54, 1.807) is 19.1 Å². The summed E-state index contributed by atoms with van der Waals surface area (Å²) >= 11 is 6.00. The molecule has 9 heteroatoms. The summed E-state index contributed by atoms with van der Waals surface area (Å²) in [5.74, 6) is 0.323. The van der Waals surface area contributed by atoms with Crippen LogP contribution >= 0.6 is 22.3 Å². The largest absolute Gasteiger partial charge is 0.266 e. The van der Waals surface area contributed by atoms with Crippen LogP contribution in [0.3, 0.4) is 0 Å². The van der Waals surface area contributed by atoms with E-state index in [0.29, 0.717) is 17.9 Å². The minimum absolute atomic E-state index is 0.0950. The van der Waals surface area contributed by atoms with Crippen molar-refractivity contribution >= 4 is 31.3 Å². The molecule has 0 spiro atoms. The third kappa shape index (κ3) is 2.33. The molecule has 18 heavy (non-hydrogen) atoms. The zero-order valence-corrected chi connectivity index (χ0v) is 11.5. The molecule has 0 aliphatic heterocycles. The molecule has 2 rings (SSSR count). The van der Waals surface area contributed by atoms with Gasteiger partial charge in [0.25, 0.3) is 9.05 Å². The van der Waals surface area contributed by atoms with Gasteiger partial charge in [-0.3, -0.25) is 0 Å². The van der Waals surface area contributed by atoms with E-state index in [1.165, 1.54) is 10.9 Å². The van der Waals surface area contributed by atoms with Crippen LogP contribution in [0.15, 0.2) is 23.2 Å². The number of hydrogen-bond donors (Lipinski definition) is 0. The van der Waals surface area contributed by atoms with E-state index in [-0.39, 0.29) is 10.0 Å². The fourth-order valence-corrected chi connectivity index (χ4v) is 3.35. The summed E-state index contributed by atoms with van der Waals surface area (Å²) in [5.41, 5.74) is 0.292. The first kappa shape index (κ1) is 13.3. The Morgan fingerprint density at radius 3 is 2.61 bits per heavy atom. The van der Waals surface area contributed by atoms with Crippen LogP contribution in [0.2, 0.25) is 5.15 Å². The van der Waals surface area contributed by atoms with E-state index >= 15 is 0 Å². The number of nitrogens with zero attached hydrogens (tertiary/aromatic N) is 4. The first-order valence-corrected chi connectivity index (χ1v) is 7.64. The van der Waals surface area contributed by atoms with Gasteiger partial charge in [0.1, 0.15) is 4.90 Å². The summed E-state index contributed by atoms with van der Waals surface area (Å²) in [5, 5.41) is 11.5. The van der Waals surface area contributed by atoms with E-state index in [9.17, 15) is 8.42 Å². The van der Waals surface area contributed by atoms with Crippen LogP contribution in [0.25, 0.3) is 5.82 Å². The molecule has 0 bridgehead atoms. The molecule has 0 N–H and O–H groups in total. The molecule has 0 aliphatic carbocycles. The number of hydrogen-bond acceptors (Lipinski definition) is 5. The van der Waals surface area contributed by atoms with E-state index in [1.807, 2.05) is 0 Å². The van der Waals surface area contributed by atoms with Crippen molar-refractivity contribution in [2.24, 2.45) is 0 Å². The highest BCUT2D eigenvalue weighted by molar-refractivity contribution is 8.13. The minimum atomic E-state index is -3.95. The Hall–Kier alpha value is -1.18. The third-order valence-electron chi connectivity index (χ3n) is 2.21. The van der Waals surface area contributed by atoms with Crippen molar-refractivity contribution in [3.63, 3.8) is 0 Å². The zero-order chi connectivity index (χ0) is 13.3. The van der Waals surface area contributed by atoms with E-state index in [4.69, 9.17) is 22.3 Å². The number of aryl methyl sites for hydroxylation is 1. The van der Waals surface area contributed by atoms with Crippen LogP contribution < -0.4 is 0 Å². The fraction of sp³-hybridized carbons (Fsp3) is 0.222. The quantitative estimate of drug-likeness (QED) is 0.808. The van der Waals surface area contributed by atoms with Crippen LogP contribution in [0.4, 0.5) is 0 Å². The Labute approximate surface area is 113 Å². The summed E-state index contributed by atoms with van der Waals surface area (Å²) in [4.78, 5) is -0.181. The maximum absolute atomic E-state index is 11.5. The van der Waals surface area contributed by atoms with Gasteiger partial charge in [0, 0.05) is 16.9 Å². The summed E-state index contributed by atoms with van der Waals surface area (Å²) in [6.45, 7) is 1.76. The summed E-state index contributed by atoms with van der Waals surface area (Å²) in [6.07, 6.45) is 1.87. The number of rotatable bonds is 3. The lowest BCUT2D eigenvalue weighted by Crippen LogP contribution is -2.01. The third-order valence-corrected chi connectivity index (χ3v) is 4.05. The molecule has 0 saturated carbocycles. The summed E-state index contributed by atoms with van der Waals surface area (Å²) in [7, 11) is 1.39. The van der Waals surface area contributed by atoms with Gasteiger partial charge in [-0.2, -0.15) is 10.2 Å². The average molecular weight is 307 g/mol. The Morgan fingerprint density at radius 2 is 2.17 bits per heavy atom. The number of halogens is 2. The molecule has 2 aromatic rings. The predicted molar refractivity (Wildman–Crippen MR) is 66.6 cm³/mol. The molecule has 0 aliphatic rings. The molecule has 0 fully saturated rings. The Kier molecular flexibility index (Phi) is 3.56. The van der Waals surface area contributed by atoms with Crippen LogP contribution in [0, 0.1) is 0 Å².